The summed E-state index contributed by atoms with van der Waals surface area (Å²) in [7, 11) is 7.82. The Morgan fingerprint density at radius 3 is 1.67 bits per heavy atom. The Labute approximate surface area is 176 Å². The first-order chi connectivity index (χ1) is 14.5. The van der Waals surface area contributed by atoms with Crippen molar-refractivity contribution in [1.29, 1.82) is 0 Å². The highest BCUT2D eigenvalue weighted by molar-refractivity contribution is 5.91. The molecule has 0 amide bonds. The standard InChI is InChI=1S/C23H27NO6/c1-15(25)9-10-24-18-11-16(12-19(26-2)22(18)29-5)7-8-17-13-20(27-3)23(30-6)21(14-17)28-4/h7-8,10-14H,9H2,1-6H3/b8-7-,24-10?. The Morgan fingerprint density at radius 1 is 0.767 bits per heavy atom. The molecule has 2 aromatic carbocycles. The molecular weight excluding hydrogens is 386 g/mol. The lowest BCUT2D eigenvalue weighted by atomic mass is 10.1. The van der Waals surface area contributed by atoms with Gasteiger partial charge in [-0.05, 0) is 42.3 Å². The van der Waals surface area contributed by atoms with Crippen molar-refractivity contribution < 1.29 is 28.5 Å². The van der Waals surface area contributed by atoms with Gasteiger partial charge in [0.25, 0.3) is 0 Å². The number of carbonyl (C=O) groups excluding carboxylic acids is 1. The Bertz CT molecular complexity index is 924. The van der Waals surface area contributed by atoms with Gasteiger partial charge >= 0.3 is 0 Å². The normalized spacial score (nSPS) is 11.0. The Kier molecular flexibility index (Phi) is 8.29. The first-order valence-corrected chi connectivity index (χ1v) is 9.23. The molecule has 2 aromatic rings. The fraction of sp³-hybridized carbons (Fsp3) is 0.304. The van der Waals surface area contributed by atoms with Crippen molar-refractivity contribution >= 4 is 29.8 Å². The number of ketones is 1. The summed E-state index contributed by atoms with van der Waals surface area (Å²) >= 11 is 0. The van der Waals surface area contributed by atoms with Crippen molar-refractivity contribution in [3.05, 3.63) is 35.4 Å². The van der Waals surface area contributed by atoms with E-state index in [9.17, 15) is 4.79 Å². The summed E-state index contributed by atoms with van der Waals surface area (Å²) < 4.78 is 27.0. The number of aliphatic imine (C=N–C) groups is 1. The number of ether oxygens (including phenoxy) is 5. The van der Waals surface area contributed by atoms with Crippen LogP contribution in [0.2, 0.25) is 0 Å². The first-order valence-electron chi connectivity index (χ1n) is 9.23. The van der Waals surface area contributed by atoms with E-state index in [2.05, 4.69) is 4.99 Å². The van der Waals surface area contributed by atoms with Crippen LogP contribution in [0.3, 0.4) is 0 Å². The molecule has 0 aliphatic heterocycles. The molecule has 0 N–H and O–H groups in total. The van der Waals surface area contributed by atoms with E-state index in [4.69, 9.17) is 23.7 Å². The summed E-state index contributed by atoms with van der Waals surface area (Å²) in [5.41, 5.74) is 2.28. The number of benzene rings is 2. The van der Waals surface area contributed by atoms with Gasteiger partial charge in [-0.25, -0.2) is 0 Å². The third-order valence-corrected chi connectivity index (χ3v) is 4.25. The van der Waals surface area contributed by atoms with Gasteiger partial charge in [-0.1, -0.05) is 12.2 Å². The third kappa shape index (κ3) is 5.53. The van der Waals surface area contributed by atoms with Crippen LogP contribution < -0.4 is 23.7 Å². The van der Waals surface area contributed by atoms with Gasteiger partial charge in [-0.3, -0.25) is 9.79 Å². The molecule has 0 saturated carbocycles. The predicted molar refractivity (Wildman–Crippen MR) is 118 cm³/mol. The van der Waals surface area contributed by atoms with Crippen molar-refractivity contribution in [3.8, 4) is 28.7 Å². The van der Waals surface area contributed by atoms with E-state index in [-0.39, 0.29) is 12.2 Å². The number of hydrogen-bond acceptors (Lipinski definition) is 7. The maximum atomic E-state index is 11.2. The lowest BCUT2D eigenvalue weighted by Crippen LogP contribution is -1.95. The fourth-order valence-electron chi connectivity index (χ4n) is 2.82. The van der Waals surface area contributed by atoms with Crippen LogP contribution in [0.5, 0.6) is 28.7 Å². The molecule has 0 aromatic heterocycles. The maximum Gasteiger partial charge on any atom is 0.203 e. The number of carbonyl (C=O) groups is 1. The van der Waals surface area contributed by atoms with E-state index in [1.54, 1.807) is 41.8 Å². The summed E-state index contributed by atoms with van der Waals surface area (Å²) in [6.07, 6.45) is 5.63. The van der Waals surface area contributed by atoms with Crippen LogP contribution in [0.25, 0.3) is 12.2 Å². The minimum absolute atomic E-state index is 0.0307. The number of hydrogen-bond donors (Lipinski definition) is 0. The van der Waals surface area contributed by atoms with E-state index in [0.717, 1.165) is 11.1 Å². The van der Waals surface area contributed by atoms with Gasteiger partial charge in [0, 0.05) is 12.6 Å². The Hall–Kier alpha value is -3.48. The number of rotatable bonds is 10. The van der Waals surface area contributed by atoms with Crippen molar-refractivity contribution in [1.82, 2.24) is 0 Å². The van der Waals surface area contributed by atoms with E-state index < -0.39 is 0 Å². The predicted octanol–water partition coefficient (Wildman–Crippen LogP) is 4.58. The van der Waals surface area contributed by atoms with Gasteiger partial charge in [0.2, 0.25) is 5.75 Å². The zero-order chi connectivity index (χ0) is 22.1. The molecule has 30 heavy (non-hydrogen) atoms. The Balaban J connectivity index is 2.45. The molecule has 0 spiro atoms. The molecule has 0 heterocycles. The van der Waals surface area contributed by atoms with Gasteiger partial charge in [-0.2, -0.15) is 0 Å². The van der Waals surface area contributed by atoms with Crippen molar-refractivity contribution in [2.45, 2.75) is 13.3 Å². The maximum absolute atomic E-state index is 11.2. The highest BCUT2D eigenvalue weighted by Crippen LogP contribution is 2.40. The van der Waals surface area contributed by atoms with Crippen molar-refractivity contribution in [3.63, 3.8) is 0 Å². The highest BCUT2D eigenvalue weighted by atomic mass is 16.5. The molecule has 0 fully saturated rings. The van der Waals surface area contributed by atoms with E-state index in [1.165, 1.54) is 6.92 Å². The lowest BCUT2D eigenvalue weighted by molar-refractivity contribution is -0.115. The van der Waals surface area contributed by atoms with E-state index >= 15 is 0 Å². The van der Waals surface area contributed by atoms with Crippen LogP contribution >= 0.6 is 0 Å². The minimum atomic E-state index is 0.0307. The molecular formula is C23H27NO6. The van der Waals surface area contributed by atoms with Gasteiger partial charge < -0.3 is 23.7 Å². The smallest absolute Gasteiger partial charge is 0.203 e. The summed E-state index contributed by atoms with van der Waals surface area (Å²) in [6, 6.07) is 7.40. The molecule has 2 rings (SSSR count). The number of nitrogens with zero attached hydrogens (tertiary/aromatic N) is 1. The summed E-state index contributed by atoms with van der Waals surface area (Å²) in [5.74, 6) is 2.74. The molecule has 7 heteroatoms. The number of methoxy groups -OCH3 is 5. The number of Topliss-reactive ketones (excluding diaryl/α,β-unsaturated/α-hetero) is 1. The quantitative estimate of drug-likeness (QED) is 0.419. The first kappa shape index (κ1) is 22.8. The molecule has 0 saturated heterocycles. The van der Waals surface area contributed by atoms with Crippen molar-refractivity contribution in [2.75, 3.05) is 35.5 Å². The summed E-state index contributed by atoms with van der Waals surface area (Å²) in [6.45, 7) is 1.51. The molecule has 0 bridgehead atoms. The second kappa shape index (κ2) is 10.9. The SMILES string of the molecule is COc1cc(/C=C\c2cc(OC)c(OC)c(OC)c2)cc(N=CCC(C)=O)c1OC. The molecule has 160 valence electrons. The molecule has 0 radical (unpaired) electrons. The van der Waals surface area contributed by atoms with Crippen LogP contribution in [0, 0.1) is 0 Å². The molecule has 0 unspecified atom stereocenters. The van der Waals surface area contributed by atoms with Crippen molar-refractivity contribution in [2.24, 2.45) is 4.99 Å². The minimum Gasteiger partial charge on any atom is -0.493 e. The third-order valence-electron chi connectivity index (χ3n) is 4.25. The molecule has 0 aliphatic carbocycles. The largest absolute Gasteiger partial charge is 0.493 e. The average Bonchev–Trinajstić information content (AvgIpc) is 2.75. The molecule has 0 aliphatic rings. The molecule has 0 atom stereocenters. The topological polar surface area (TPSA) is 75.6 Å². The van der Waals surface area contributed by atoms with E-state index in [1.807, 2.05) is 36.4 Å². The van der Waals surface area contributed by atoms with Crippen LogP contribution in [0.1, 0.15) is 24.5 Å². The zero-order valence-corrected chi connectivity index (χ0v) is 18.1. The van der Waals surface area contributed by atoms with Gasteiger partial charge in [-0.15, -0.1) is 0 Å². The lowest BCUT2D eigenvalue weighted by Gasteiger charge is -2.13. The monoisotopic (exact) mass is 413 g/mol. The van der Waals surface area contributed by atoms with Gasteiger partial charge in [0.15, 0.2) is 23.0 Å². The van der Waals surface area contributed by atoms with Crippen LogP contribution in [0.4, 0.5) is 5.69 Å². The van der Waals surface area contributed by atoms with Crippen LogP contribution in [-0.4, -0.2) is 47.5 Å². The van der Waals surface area contributed by atoms with Crippen LogP contribution in [0.15, 0.2) is 29.3 Å². The van der Waals surface area contributed by atoms with Gasteiger partial charge in [0.05, 0.1) is 35.5 Å². The summed E-state index contributed by atoms with van der Waals surface area (Å²) in [4.78, 5) is 15.6. The van der Waals surface area contributed by atoms with Gasteiger partial charge in [0.1, 0.15) is 11.5 Å². The van der Waals surface area contributed by atoms with Crippen LogP contribution in [-0.2, 0) is 4.79 Å². The fourth-order valence-corrected chi connectivity index (χ4v) is 2.82. The average molecular weight is 413 g/mol. The Morgan fingerprint density at radius 2 is 1.23 bits per heavy atom. The highest BCUT2D eigenvalue weighted by Gasteiger charge is 2.13. The second-order valence-corrected chi connectivity index (χ2v) is 6.29. The zero-order valence-electron chi connectivity index (χ0n) is 18.1. The van der Waals surface area contributed by atoms with E-state index in [0.29, 0.717) is 34.4 Å². The molecule has 7 nitrogen and oxygen atoms in total. The summed E-state index contributed by atoms with van der Waals surface area (Å²) in [5, 5.41) is 0. The second-order valence-electron chi connectivity index (χ2n) is 6.29.